The van der Waals surface area contributed by atoms with Crippen molar-refractivity contribution in [3.05, 3.63) is 34.8 Å². The summed E-state index contributed by atoms with van der Waals surface area (Å²) in [5.41, 5.74) is 0.441. The lowest BCUT2D eigenvalue weighted by molar-refractivity contribution is 0.584. The normalized spacial score (nSPS) is 14.8. The monoisotopic (exact) mass is 281 g/mol. The predicted molar refractivity (Wildman–Crippen MR) is 70.0 cm³/mol. The number of halogens is 2. The van der Waals surface area contributed by atoms with Gasteiger partial charge in [-0.15, -0.1) is 10.2 Å². The Morgan fingerprint density at radius 2 is 1.89 bits per heavy atom. The van der Waals surface area contributed by atoms with Crippen LogP contribution in [0.4, 0.5) is 8.78 Å². The van der Waals surface area contributed by atoms with E-state index in [0.717, 1.165) is 24.0 Å². The van der Waals surface area contributed by atoms with Gasteiger partial charge in [0.05, 0.1) is 0 Å². The van der Waals surface area contributed by atoms with Crippen molar-refractivity contribution in [1.29, 1.82) is 0 Å². The number of aromatic nitrogens is 2. The van der Waals surface area contributed by atoms with Crippen LogP contribution in [0.2, 0.25) is 0 Å². The lowest BCUT2D eigenvalue weighted by Gasteiger charge is -1.98. The lowest BCUT2D eigenvalue weighted by atomic mass is 10.2. The highest BCUT2D eigenvalue weighted by molar-refractivity contribution is 7.14. The minimum absolute atomic E-state index is 0.441. The Hall–Kier alpha value is -1.40. The quantitative estimate of drug-likeness (QED) is 0.915. The molecule has 0 radical (unpaired) electrons. The first-order valence-electron chi connectivity index (χ1n) is 6.23. The highest BCUT2D eigenvalue weighted by atomic mass is 32.1. The molecule has 0 aliphatic heterocycles. The van der Waals surface area contributed by atoms with Crippen molar-refractivity contribution in [3.8, 4) is 10.6 Å². The molecule has 100 valence electrons. The van der Waals surface area contributed by atoms with Crippen LogP contribution in [0.15, 0.2) is 18.2 Å². The third kappa shape index (κ3) is 3.33. The molecule has 1 N–H and O–H groups in total. The summed E-state index contributed by atoms with van der Waals surface area (Å²) in [7, 11) is 0. The molecule has 0 bridgehead atoms. The van der Waals surface area contributed by atoms with Gasteiger partial charge >= 0.3 is 0 Å². The first kappa shape index (κ1) is 12.6. The summed E-state index contributed by atoms with van der Waals surface area (Å²) < 4.78 is 26.3. The molecule has 1 aromatic carbocycles. The van der Waals surface area contributed by atoms with E-state index in [9.17, 15) is 8.78 Å². The molecule has 3 nitrogen and oxygen atoms in total. The molecular formula is C13H13F2N3S. The molecule has 19 heavy (non-hydrogen) atoms. The van der Waals surface area contributed by atoms with Crippen LogP contribution in [0.3, 0.4) is 0 Å². The minimum atomic E-state index is -0.595. The Kier molecular flexibility index (Phi) is 3.52. The number of nitrogens with one attached hydrogen (secondary N) is 1. The van der Waals surface area contributed by atoms with Gasteiger partial charge in [-0.05, 0) is 25.0 Å². The largest absolute Gasteiger partial charge is 0.314 e. The van der Waals surface area contributed by atoms with Crippen LogP contribution in [0.5, 0.6) is 0 Å². The second-order valence-corrected chi connectivity index (χ2v) is 5.70. The van der Waals surface area contributed by atoms with Gasteiger partial charge in [0, 0.05) is 30.6 Å². The summed E-state index contributed by atoms with van der Waals surface area (Å²) in [6, 6.07) is 4.07. The highest BCUT2D eigenvalue weighted by Crippen LogP contribution is 2.25. The number of benzene rings is 1. The van der Waals surface area contributed by atoms with Crippen LogP contribution in [-0.2, 0) is 6.42 Å². The standard InChI is InChI=1S/C13H13F2N3S/c14-9-5-8(6-10(15)7-9)13-18-17-12(19-13)3-4-16-11-1-2-11/h5-7,11,16H,1-4H2. The van der Waals surface area contributed by atoms with Crippen molar-refractivity contribution in [1.82, 2.24) is 15.5 Å². The molecule has 1 aliphatic carbocycles. The maximum atomic E-state index is 13.1. The van der Waals surface area contributed by atoms with Crippen molar-refractivity contribution in [2.75, 3.05) is 6.54 Å². The van der Waals surface area contributed by atoms with Crippen LogP contribution in [0.25, 0.3) is 10.6 Å². The number of nitrogens with zero attached hydrogens (tertiary/aromatic N) is 2. The maximum absolute atomic E-state index is 13.1. The first-order chi connectivity index (χ1) is 9.20. The molecule has 1 heterocycles. The zero-order chi connectivity index (χ0) is 13.2. The summed E-state index contributed by atoms with van der Waals surface area (Å²) in [6.45, 7) is 0.872. The Morgan fingerprint density at radius 3 is 2.58 bits per heavy atom. The van der Waals surface area contributed by atoms with Gasteiger partial charge in [0.1, 0.15) is 21.6 Å². The molecule has 1 fully saturated rings. The highest BCUT2D eigenvalue weighted by Gasteiger charge is 2.20. The maximum Gasteiger partial charge on any atom is 0.148 e. The van der Waals surface area contributed by atoms with E-state index in [4.69, 9.17) is 0 Å². The van der Waals surface area contributed by atoms with E-state index in [2.05, 4.69) is 15.5 Å². The third-order valence-electron chi connectivity index (χ3n) is 2.93. The van der Waals surface area contributed by atoms with Gasteiger partial charge < -0.3 is 5.32 Å². The smallest absolute Gasteiger partial charge is 0.148 e. The number of rotatable bonds is 5. The molecule has 6 heteroatoms. The molecule has 1 aliphatic rings. The summed E-state index contributed by atoms with van der Waals surface area (Å²) >= 11 is 1.38. The van der Waals surface area contributed by atoms with E-state index in [1.165, 1.54) is 36.3 Å². The van der Waals surface area contributed by atoms with E-state index in [-0.39, 0.29) is 0 Å². The third-order valence-corrected chi connectivity index (χ3v) is 3.96. The summed E-state index contributed by atoms with van der Waals surface area (Å²) in [5, 5.41) is 12.9. The van der Waals surface area contributed by atoms with E-state index >= 15 is 0 Å². The van der Waals surface area contributed by atoms with Gasteiger partial charge in [-0.3, -0.25) is 0 Å². The van der Waals surface area contributed by atoms with E-state index in [1.807, 2.05) is 0 Å². The van der Waals surface area contributed by atoms with Crippen molar-refractivity contribution < 1.29 is 8.78 Å². The predicted octanol–water partition coefficient (Wildman–Crippen LogP) is 2.78. The topological polar surface area (TPSA) is 37.8 Å². The van der Waals surface area contributed by atoms with E-state index < -0.39 is 11.6 Å². The minimum Gasteiger partial charge on any atom is -0.314 e. The van der Waals surface area contributed by atoms with Crippen LogP contribution in [-0.4, -0.2) is 22.8 Å². The van der Waals surface area contributed by atoms with Crippen LogP contribution >= 0.6 is 11.3 Å². The van der Waals surface area contributed by atoms with Crippen LogP contribution in [0.1, 0.15) is 17.8 Å². The van der Waals surface area contributed by atoms with Gasteiger partial charge in [-0.25, -0.2) is 8.78 Å². The van der Waals surface area contributed by atoms with Gasteiger partial charge in [0.25, 0.3) is 0 Å². The summed E-state index contributed by atoms with van der Waals surface area (Å²) in [4.78, 5) is 0. The molecule has 0 amide bonds. The number of hydrogen-bond acceptors (Lipinski definition) is 4. The summed E-state index contributed by atoms with van der Waals surface area (Å²) in [5.74, 6) is -1.19. The van der Waals surface area contributed by atoms with Crippen molar-refractivity contribution >= 4 is 11.3 Å². The Labute approximate surface area is 113 Å². The molecule has 0 spiro atoms. The fraction of sp³-hybridized carbons (Fsp3) is 0.385. The molecule has 0 unspecified atom stereocenters. The molecule has 3 rings (SSSR count). The second-order valence-electron chi connectivity index (χ2n) is 4.64. The molecule has 1 saturated carbocycles. The molecule has 0 atom stereocenters. The van der Waals surface area contributed by atoms with Crippen molar-refractivity contribution in [2.24, 2.45) is 0 Å². The van der Waals surface area contributed by atoms with E-state index in [0.29, 0.717) is 16.6 Å². The van der Waals surface area contributed by atoms with E-state index in [1.54, 1.807) is 0 Å². The van der Waals surface area contributed by atoms with Crippen LogP contribution < -0.4 is 5.32 Å². The van der Waals surface area contributed by atoms with Gasteiger partial charge in [-0.1, -0.05) is 11.3 Å². The fourth-order valence-corrected chi connectivity index (χ4v) is 2.65. The average molecular weight is 281 g/mol. The Bertz CT molecular complexity index is 561. The first-order valence-corrected chi connectivity index (χ1v) is 7.04. The van der Waals surface area contributed by atoms with Crippen molar-refractivity contribution in [3.63, 3.8) is 0 Å². The SMILES string of the molecule is Fc1cc(F)cc(-c2nnc(CCNC3CC3)s2)c1. The molecular weight excluding hydrogens is 268 g/mol. The Balaban J connectivity index is 1.68. The molecule has 1 aromatic heterocycles. The van der Waals surface area contributed by atoms with Gasteiger partial charge in [0.15, 0.2) is 0 Å². The van der Waals surface area contributed by atoms with Gasteiger partial charge in [0.2, 0.25) is 0 Å². The fourth-order valence-electron chi connectivity index (χ4n) is 1.82. The molecule has 2 aromatic rings. The average Bonchev–Trinajstić information content (AvgIpc) is 3.04. The van der Waals surface area contributed by atoms with Gasteiger partial charge in [-0.2, -0.15) is 0 Å². The Morgan fingerprint density at radius 1 is 1.16 bits per heavy atom. The molecule has 0 saturated heterocycles. The zero-order valence-electron chi connectivity index (χ0n) is 10.2. The summed E-state index contributed by atoms with van der Waals surface area (Å²) in [6.07, 6.45) is 3.31. The zero-order valence-corrected chi connectivity index (χ0v) is 11.0. The number of hydrogen-bond donors (Lipinski definition) is 1. The van der Waals surface area contributed by atoms with Crippen molar-refractivity contribution in [2.45, 2.75) is 25.3 Å². The lowest BCUT2D eigenvalue weighted by Crippen LogP contribution is -2.19. The second kappa shape index (κ2) is 5.30. The van der Waals surface area contributed by atoms with Crippen LogP contribution in [0, 0.1) is 11.6 Å².